The van der Waals surface area contributed by atoms with Crippen molar-refractivity contribution in [1.29, 1.82) is 0 Å². The number of nitrogens with two attached hydrogens (primary N) is 2. The fraction of sp³-hybridized carbons (Fsp3) is 0.812. The zero-order valence-corrected chi connectivity index (χ0v) is 16.3. The third-order valence-corrected chi connectivity index (χ3v) is 4.32. The van der Waals surface area contributed by atoms with Gasteiger partial charge in [0, 0.05) is 39.1 Å². The maximum absolute atomic E-state index is 12.4. The van der Waals surface area contributed by atoms with Crippen molar-refractivity contribution in [2.45, 2.75) is 38.6 Å². The molecule has 0 spiro atoms. The molecule has 1 heterocycles. The molecule has 1 rings (SSSR count). The molecule has 1 fully saturated rings. The number of carbonyl (C=O) groups excluding carboxylic acids is 2. The SMILES string of the molecule is CCOC(=O)CCCN1CCN(C(=O)[C@@H](N)CCCN=C(N)N[N+](=O)[O-])CC1. The third kappa shape index (κ3) is 9.46. The molecule has 1 aliphatic heterocycles. The summed E-state index contributed by atoms with van der Waals surface area (Å²) < 4.78 is 4.90. The van der Waals surface area contributed by atoms with E-state index in [1.807, 2.05) is 0 Å². The van der Waals surface area contributed by atoms with E-state index in [0.717, 1.165) is 26.1 Å². The number of hydrogen-bond donors (Lipinski definition) is 3. The van der Waals surface area contributed by atoms with E-state index in [1.54, 1.807) is 17.2 Å². The number of rotatable bonds is 11. The molecule has 0 unspecified atom stereocenters. The van der Waals surface area contributed by atoms with Gasteiger partial charge in [-0.2, -0.15) is 0 Å². The minimum atomic E-state index is -0.787. The van der Waals surface area contributed by atoms with E-state index in [9.17, 15) is 19.7 Å². The van der Waals surface area contributed by atoms with Crippen LogP contribution in [0.5, 0.6) is 0 Å². The van der Waals surface area contributed by atoms with E-state index < -0.39 is 11.1 Å². The number of amides is 1. The van der Waals surface area contributed by atoms with Gasteiger partial charge < -0.3 is 21.1 Å². The van der Waals surface area contributed by atoms with Gasteiger partial charge in [0.1, 0.15) is 0 Å². The summed E-state index contributed by atoms with van der Waals surface area (Å²) in [6.07, 6.45) is 2.07. The van der Waals surface area contributed by atoms with Crippen molar-refractivity contribution in [1.82, 2.24) is 15.2 Å². The smallest absolute Gasteiger partial charge is 0.305 e. The van der Waals surface area contributed by atoms with Crippen LogP contribution in [0.3, 0.4) is 0 Å². The van der Waals surface area contributed by atoms with Crippen molar-refractivity contribution in [2.24, 2.45) is 16.5 Å². The molecule has 160 valence electrons. The number of hydrazine groups is 1. The van der Waals surface area contributed by atoms with E-state index in [0.29, 0.717) is 39.0 Å². The number of nitrogens with one attached hydrogen (secondary N) is 1. The number of nitro groups is 1. The molecular formula is C16H31N7O5. The van der Waals surface area contributed by atoms with Crippen LogP contribution >= 0.6 is 0 Å². The molecule has 28 heavy (non-hydrogen) atoms. The average Bonchev–Trinajstić information content (AvgIpc) is 2.64. The van der Waals surface area contributed by atoms with Gasteiger partial charge in [0.25, 0.3) is 5.96 Å². The summed E-state index contributed by atoms with van der Waals surface area (Å²) in [7, 11) is 0. The van der Waals surface area contributed by atoms with Crippen LogP contribution in [0, 0.1) is 10.1 Å². The van der Waals surface area contributed by atoms with Crippen LogP contribution in [0.2, 0.25) is 0 Å². The van der Waals surface area contributed by atoms with E-state index in [1.165, 1.54) is 0 Å². The molecule has 1 saturated heterocycles. The maximum Gasteiger partial charge on any atom is 0.305 e. The summed E-state index contributed by atoms with van der Waals surface area (Å²) in [6, 6.07) is -0.629. The predicted molar refractivity (Wildman–Crippen MR) is 103 cm³/mol. The Labute approximate surface area is 164 Å². The van der Waals surface area contributed by atoms with Crippen LogP contribution in [0.1, 0.15) is 32.6 Å². The van der Waals surface area contributed by atoms with Crippen molar-refractivity contribution < 1.29 is 19.4 Å². The quantitative estimate of drug-likeness (QED) is 0.0948. The van der Waals surface area contributed by atoms with Gasteiger partial charge in [0.15, 0.2) is 5.03 Å². The Morgan fingerprint density at radius 2 is 1.96 bits per heavy atom. The average molecular weight is 401 g/mol. The molecule has 0 aromatic rings. The Bertz CT molecular complexity index is 550. The second-order valence-electron chi connectivity index (χ2n) is 6.46. The second-order valence-corrected chi connectivity index (χ2v) is 6.46. The van der Waals surface area contributed by atoms with Crippen LogP contribution in [-0.4, -0.2) is 84.6 Å². The third-order valence-electron chi connectivity index (χ3n) is 4.32. The predicted octanol–water partition coefficient (Wildman–Crippen LogP) is -1.32. The van der Waals surface area contributed by atoms with Gasteiger partial charge in [-0.3, -0.25) is 14.5 Å². The highest BCUT2D eigenvalue weighted by Crippen LogP contribution is 2.07. The molecule has 0 bridgehead atoms. The largest absolute Gasteiger partial charge is 0.466 e. The minimum Gasteiger partial charge on any atom is -0.466 e. The Morgan fingerprint density at radius 3 is 2.57 bits per heavy atom. The highest BCUT2D eigenvalue weighted by atomic mass is 16.7. The van der Waals surface area contributed by atoms with Crippen LogP contribution in [-0.2, 0) is 14.3 Å². The Hall–Kier alpha value is -2.47. The molecule has 12 nitrogen and oxygen atoms in total. The summed E-state index contributed by atoms with van der Waals surface area (Å²) in [5.74, 6) is -0.557. The molecular weight excluding hydrogens is 370 g/mol. The van der Waals surface area contributed by atoms with Crippen molar-refractivity contribution in [3.8, 4) is 0 Å². The molecule has 1 atom stereocenters. The normalized spacial score (nSPS) is 16.5. The van der Waals surface area contributed by atoms with Crippen LogP contribution < -0.4 is 16.9 Å². The van der Waals surface area contributed by atoms with Gasteiger partial charge in [0.05, 0.1) is 12.6 Å². The summed E-state index contributed by atoms with van der Waals surface area (Å²) in [4.78, 5) is 41.7. The van der Waals surface area contributed by atoms with Gasteiger partial charge in [-0.05, 0) is 32.7 Å². The fourth-order valence-electron chi connectivity index (χ4n) is 2.87. The number of ether oxygens (including phenoxy) is 1. The molecule has 0 aromatic carbocycles. The standard InChI is InChI=1S/C16H31N7O5/c1-2-28-14(24)6-4-8-21-9-11-22(12-10-21)15(25)13(17)5-3-7-19-16(18)20-23(26)27/h13H,2-12,17H2,1H3,(H3,18,19,20)/t13-/m0/s1. The van der Waals surface area contributed by atoms with Gasteiger partial charge in [-0.1, -0.05) is 5.43 Å². The molecule has 12 heteroatoms. The highest BCUT2D eigenvalue weighted by molar-refractivity contribution is 5.81. The minimum absolute atomic E-state index is 0.105. The fourth-order valence-corrected chi connectivity index (χ4v) is 2.87. The molecule has 0 aliphatic carbocycles. The number of aliphatic imine (C=N–C) groups is 1. The number of hydrogen-bond acceptors (Lipinski definition) is 8. The van der Waals surface area contributed by atoms with Crippen LogP contribution in [0.25, 0.3) is 0 Å². The lowest BCUT2D eigenvalue weighted by molar-refractivity contribution is -0.525. The number of esters is 1. The molecule has 1 amide bonds. The number of piperazine rings is 1. The van der Waals surface area contributed by atoms with E-state index in [4.69, 9.17) is 16.2 Å². The van der Waals surface area contributed by atoms with Gasteiger partial charge in [-0.25, -0.2) is 15.1 Å². The molecule has 5 N–H and O–H groups in total. The lowest BCUT2D eigenvalue weighted by Crippen LogP contribution is -2.53. The summed E-state index contributed by atoms with van der Waals surface area (Å²) >= 11 is 0. The Balaban J connectivity index is 2.22. The van der Waals surface area contributed by atoms with Gasteiger partial charge in [0.2, 0.25) is 5.91 Å². The van der Waals surface area contributed by atoms with Crippen molar-refractivity contribution in [3.05, 3.63) is 10.1 Å². The van der Waals surface area contributed by atoms with Gasteiger partial charge >= 0.3 is 5.97 Å². The maximum atomic E-state index is 12.4. The van der Waals surface area contributed by atoms with E-state index in [2.05, 4.69) is 9.89 Å². The Kier molecular flexibility index (Phi) is 10.8. The number of guanidine groups is 1. The summed E-state index contributed by atoms with van der Waals surface area (Å²) in [6.45, 7) is 5.92. The van der Waals surface area contributed by atoms with Gasteiger partial charge in [-0.15, -0.1) is 0 Å². The lowest BCUT2D eigenvalue weighted by Gasteiger charge is -2.35. The van der Waals surface area contributed by atoms with E-state index in [-0.39, 0.29) is 24.4 Å². The first-order valence-electron chi connectivity index (χ1n) is 9.46. The monoisotopic (exact) mass is 401 g/mol. The Morgan fingerprint density at radius 1 is 1.29 bits per heavy atom. The highest BCUT2D eigenvalue weighted by Gasteiger charge is 2.24. The summed E-state index contributed by atoms with van der Waals surface area (Å²) in [5, 5.41) is 9.40. The second kappa shape index (κ2) is 12.8. The molecule has 1 aliphatic rings. The number of carbonyl (C=O) groups is 2. The zero-order valence-electron chi connectivity index (χ0n) is 16.3. The van der Waals surface area contributed by atoms with E-state index >= 15 is 0 Å². The van der Waals surface area contributed by atoms with Crippen molar-refractivity contribution >= 4 is 17.8 Å². The van der Waals surface area contributed by atoms with Crippen LogP contribution in [0.4, 0.5) is 0 Å². The number of nitrogens with zero attached hydrogens (tertiary/aromatic N) is 4. The topological polar surface area (TPSA) is 169 Å². The molecule has 0 aromatic heterocycles. The first-order valence-corrected chi connectivity index (χ1v) is 9.46. The van der Waals surface area contributed by atoms with Crippen LogP contribution in [0.15, 0.2) is 4.99 Å². The molecule has 0 saturated carbocycles. The lowest BCUT2D eigenvalue weighted by atomic mass is 10.1. The van der Waals surface area contributed by atoms with Crippen molar-refractivity contribution in [3.63, 3.8) is 0 Å². The summed E-state index contributed by atoms with van der Waals surface area (Å²) in [5.41, 5.74) is 13.0. The first kappa shape index (κ1) is 23.6. The van der Waals surface area contributed by atoms with Crippen molar-refractivity contribution in [2.75, 3.05) is 45.9 Å². The zero-order chi connectivity index (χ0) is 20.9. The first-order chi connectivity index (χ1) is 13.3. The molecule has 0 radical (unpaired) electrons.